The van der Waals surface area contributed by atoms with Crippen molar-refractivity contribution in [1.29, 1.82) is 0 Å². The van der Waals surface area contributed by atoms with Gasteiger partial charge in [-0.2, -0.15) is 0 Å². The van der Waals surface area contributed by atoms with Gasteiger partial charge >= 0.3 is 17.9 Å². The van der Waals surface area contributed by atoms with Gasteiger partial charge in [0.1, 0.15) is 0 Å². The number of carboxylic acid groups (broad SMARTS) is 3. The van der Waals surface area contributed by atoms with Crippen LogP contribution in [0.1, 0.15) is 31.1 Å². The maximum absolute atomic E-state index is 12.5. The molecule has 6 nitrogen and oxygen atoms in total. The summed E-state index contributed by atoms with van der Waals surface area (Å²) in [6.45, 7) is 0. The molecule has 0 aliphatic heterocycles. The molecule has 0 amide bonds. The number of carbonyl (C=O) groups is 3. The minimum Gasteiger partial charge on any atom is -0.478 e. The lowest BCUT2D eigenvalue weighted by Gasteiger charge is -2.23. The highest BCUT2D eigenvalue weighted by atomic mass is 16.4. The van der Waals surface area contributed by atoms with Crippen molar-refractivity contribution in [3.05, 3.63) is 108 Å². The van der Waals surface area contributed by atoms with Crippen LogP contribution in [0.2, 0.25) is 0 Å². The smallest absolute Gasteiger partial charge is 0.337 e. The van der Waals surface area contributed by atoms with E-state index in [2.05, 4.69) is 0 Å². The highest BCUT2D eigenvalue weighted by Crippen LogP contribution is 2.46. The molecule has 0 atom stereocenters. The Morgan fingerprint density at radius 1 is 0.394 bits per heavy atom. The molecule has 0 heterocycles. The third kappa shape index (κ3) is 3.85. The normalized spacial score (nSPS) is 10.5. The van der Waals surface area contributed by atoms with Crippen LogP contribution in [0.25, 0.3) is 33.4 Å². The lowest BCUT2D eigenvalue weighted by atomic mass is 9.79. The summed E-state index contributed by atoms with van der Waals surface area (Å²) in [7, 11) is 0. The average Bonchev–Trinajstić information content (AvgIpc) is 2.83. The molecule has 0 bridgehead atoms. The molecule has 0 saturated carbocycles. The summed E-state index contributed by atoms with van der Waals surface area (Å²) in [4.78, 5) is 37.3. The van der Waals surface area contributed by atoms with Crippen molar-refractivity contribution in [3.63, 3.8) is 0 Å². The van der Waals surface area contributed by atoms with Crippen LogP contribution in [0.5, 0.6) is 0 Å². The van der Waals surface area contributed by atoms with Gasteiger partial charge < -0.3 is 15.3 Å². The van der Waals surface area contributed by atoms with Gasteiger partial charge in [-0.1, -0.05) is 91.0 Å². The Morgan fingerprint density at radius 3 is 0.939 bits per heavy atom. The van der Waals surface area contributed by atoms with Crippen LogP contribution in [-0.4, -0.2) is 33.2 Å². The van der Waals surface area contributed by atoms with E-state index in [9.17, 15) is 29.7 Å². The van der Waals surface area contributed by atoms with E-state index in [1.54, 1.807) is 91.0 Å². The minimum atomic E-state index is -1.63. The van der Waals surface area contributed by atoms with Crippen LogP contribution < -0.4 is 0 Å². The summed E-state index contributed by atoms with van der Waals surface area (Å²) in [6, 6.07) is 25.8. The highest BCUT2D eigenvalue weighted by Gasteiger charge is 2.35. The second kappa shape index (κ2) is 8.80. The van der Waals surface area contributed by atoms with Gasteiger partial charge in [0.05, 0.1) is 16.7 Å². The first-order chi connectivity index (χ1) is 15.9. The fourth-order valence-corrected chi connectivity index (χ4v) is 4.07. The SMILES string of the molecule is O=C(O)c1c(C(=O)O)c(-c2ccccc2)c(-c2ccccc2)c(-c2ccccc2)c1C(=O)O. The van der Waals surface area contributed by atoms with Crippen LogP contribution in [0.4, 0.5) is 0 Å². The van der Waals surface area contributed by atoms with Crippen LogP contribution >= 0.6 is 0 Å². The monoisotopic (exact) mass is 438 g/mol. The van der Waals surface area contributed by atoms with Crippen molar-refractivity contribution < 1.29 is 29.7 Å². The molecule has 0 radical (unpaired) electrons. The zero-order valence-corrected chi connectivity index (χ0v) is 17.2. The van der Waals surface area contributed by atoms with Crippen molar-refractivity contribution in [2.45, 2.75) is 0 Å². The summed E-state index contributed by atoms with van der Waals surface area (Å²) >= 11 is 0. The Balaban J connectivity index is 2.37. The van der Waals surface area contributed by atoms with Crippen LogP contribution in [0.15, 0.2) is 91.0 Å². The summed E-state index contributed by atoms with van der Waals surface area (Å²) in [6.07, 6.45) is 0. The van der Waals surface area contributed by atoms with E-state index in [1.807, 2.05) is 0 Å². The Hall–Kier alpha value is -4.71. The number of benzene rings is 4. The molecule has 0 spiro atoms. The van der Waals surface area contributed by atoms with Crippen molar-refractivity contribution >= 4 is 17.9 Å². The maximum Gasteiger partial charge on any atom is 0.337 e. The molecule has 4 rings (SSSR count). The first-order valence-corrected chi connectivity index (χ1v) is 10.0. The van der Waals surface area contributed by atoms with Crippen LogP contribution in [-0.2, 0) is 0 Å². The predicted molar refractivity (Wildman–Crippen MR) is 124 cm³/mol. The van der Waals surface area contributed by atoms with Gasteiger partial charge in [0.2, 0.25) is 0 Å². The Bertz CT molecular complexity index is 1280. The second-order valence-corrected chi connectivity index (χ2v) is 7.26. The Labute approximate surface area is 189 Å². The van der Waals surface area contributed by atoms with Gasteiger partial charge in [0.25, 0.3) is 0 Å². The number of hydrogen-bond acceptors (Lipinski definition) is 3. The molecular formula is C27H18O6. The average molecular weight is 438 g/mol. The quantitative estimate of drug-likeness (QED) is 0.352. The first kappa shape index (κ1) is 21.5. The zero-order valence-electron chi connectivity index (χ0n) is 17.2. The second-order valence-electron chi connectivity index (χ2n) is 7.26. The molecule has 3 N–H and O–H groups in total. The van der Waals surface area contributed by atoms with Gasteiger partial charge in [0, 0.05) is 11.1 Å². The molecule has 0 saturated heterocycles. The number of aromatic carboxylic acids is 3. The summed E-state index contributed by atoms with van der Waals surface area (Å²) in [5.74, 6) is -4.67. The van der Waals surface area contributed by atoms with E-state index in [4.69, 9.17) is 0 Å². The molecule has 0 aliphatic carbocycles. The minimum absolute atomic E-state index is 0.149. The van der Waals surface area contributed by atoms with E-state index in [1.165, 1.54) is 0 Å². The van der Waals surface area contributed by atoms with Gasteiger partial charge in [-0.15, -0.1) is 0 Å². The molecule has 33 heavy (non-hydrogen) atoms. The molecule has 4 aromatic carbocycles. The largest absolute Gasteiger partial charge is 0.478 e. The van der Waals surface area contributed by atoms with E-state index >= 15 is 0 Å². The molecule has 6 heteroatoms. The molecular weight excluding hydrogens is 420 g/mol. The molecule has 4 aromatic rings. The lowest BCUT2D eigenvalue weighted by molar-refractivity contribution is 0.0634. The van der Waals surface area contributed by atoms with Crippen molar-refractivity contribution in [2.75, 3.05) is 0 Å². The third-order valence-corrected chi connectivity index (χ3v) is 5.33. The fraction of sp³-hybridized carbons (Fsp3) is 0. The molecule has 0 unspecified atom stereocenters. The first-order valence-electron chi connectivity index (χ1n) is 10.0. The maximum atomic E-state index is 12.5. The molecule has 0 fully saturated rings. The van der Waals surface area contributed by atoms with Crippen molar-refractivity contribution in [1.82, 2.24) is 0 Å². The van der Waals surface area contributed by atoms with Crippen LogP contribution in [0, 0.1) is 0 Å². The van der Waals surface area contributed by atoms with E-state index in [0.717, 1.165) is 0 Å². The van der Waals surface area contributed by atoms with Crippen molar-refractivity contribution in [2.24, 2.45) is 0 Å². The highest BCUT2D eigenvalue weighted by molar-refractivity contribution is 6.20. The van der Waals surface area contributed by atoms with Gasteiger partial charge in [0.15, 0.2) is 0 Å². The summed E-state index contributed by atoms with van der Waals surface area (Å²) in [5.41, 5.74) is 0.244. The number of carboxylic acids is 3. The standard InChI is InChI=1S/C27H18O6/c28-25(29)22-20(17-12-6-2-7-13-17)19(16-10-4-1-5-11-16)21(18-14-8-3-9-15-18)23(26(30)31)24(22)27(32)33/h1-15H,(H,28,29)(H,30,31)(H,32,33). The van der Waals surface area contributed by atoms with Gasteiger partial charge in [-0.25, -0.2) is 14.4 Å². The number of hydrogen-bond donors (Lipinski definition) is 3. The van der Waals surface area contributed by atoms with Gasteiger partial charge in [-0.05, 0) is 22.3 Å². The molecule has 162 valence electrons. The Kier molecular flexibility index (Phi) is 5.74. The zero-order chi connectivity index (χ0) is 23.5. The van der Waals surface area contributed by atoms with E-state index in [-0.39, 0.29) is 11.1 Å². The molecule has 0 aromatic heterocycles. The summed E-state index contributed by atoms with van der Waals surface area (Å²) < 4.78 is 0. The Morgan fingerprint density at radius 2 is 0.667 bits per heavy atom. The van der Waals surface area contributed by atoms with Crippen LogP contribution in [0.3, 0.4) is 0 Å². The third-order valence-electron chi connectivity index (χ3n) is 5.33. The van der Waals surface area contributed by atoms with E-state index < -0.39 is 34.6 Å². The number of rotatable bonds is 6. The van der Waals surface area contributed by atoms with E-state index in [0.29, 0.717) is 22.3 Å². The van der Waals surface area contributed by atoms with Crippen molar-refractivity contribution in [3.8, 4) is 33.4 Å². The summed E-state index contributed by atoms with van der Waals surface area (Å²) in [5, 5.41) is 30.3. The van der Waals surface area contributed by atoms with Gasteiger partial charge in [-0.3, -0.25) is 0 Å². The molecule has 0 aliphatic rings. The predicted octanol–water partition coefficient (Wildman–Crippen LogP) is 5.78. The lowest BCUT2D eigenvalue weighted by Crippen LogP contribution is -2.19. The fourth-order valence-electron chi connectivity index (χ4n) is 4.07. The topological polar surface area (TPSA) is 112 Å².